The zero-order valence-corrected chi connectivity index (χ0v) is 26.1. The molecule has 5 heteroatoms. The Bertz CT molecular complexity index is 1560. The summed E-state index contributed by atoms with van der Waals surface area (Å²) in [6.07, 6.45) is 9.60. The number of para-hydroxylation sites is 2. The van der Waals surface area contributed by atoms with E-state index in [0.717, 1.165) is 66.9 Å². The molecule has 3 saturated heterocycles. The average Bonchev–Trinajstić information content (AvgIpc) is 3.36. The van der Waals surface area contributed by atoms with Crippen LogP contribution in [0, 0.1) is 20.8 Å². The van der Waals surface area contributed by atoms with Gasteiger partial charge in [-0.3, -0.25) is 9.69 Å². The van der Waals surface area contributed by atoms with Crippen LogP contribution in [0.2, 0.25) is 0 Å². The number of aromatic nitrogens is 2. The second kappa shape index (κ2) is 11.6. The van der Waals surface area contributed by atoms with Gasteiger partial charge in [-0.15, -0.1) is 0 Å². The third-order valence-corrected chi connectivity index (χ3v) is 11.2. The lowest BCUT2D eigenvalue weighted by atomic mass is 9.69. The molecule has 4 heterocycles. The van der Waals surface area contributed by atoms with Crippen molar-refractivity contribution in [2.75, 3.05) is 19.6 Å². The predicted molar refractivity (Wildman–Crippen MR) is 175 cm³/mol. The van der Waals surface area contributed by atoms with Crippen LogP contribution in [0.4, 0.5) is 0 Å². The second-order valence-corrected chi connectivity index (χ2v) is 13.6. The Labute approximate surface area is 256 Å². The third kappa shape index (κ3) is 5.20. The molecule has 3 aliphatic rings. The molecule has 1 amide bonds. The molecule has 224 valence electrons. The lowest BCUT2D eigenvalue weighted by Gasteiger charge is -2.51. The number of fused-ring (bicyclic) bond motifs is 3. The van der Waals surface area contributed by atoms with Crippen LogP contribution in [0.3, 0.4) is 0 Å². The number of carbonyl (C=O) groups excluding carboxylic acids is 1. The fourth-order valence-electron chi connectivity index (χ4n) is 8.92. The number of carbonyl (C=O) groups is 1. The molecule has 0 radical (unpaired) electrons. The first-order valence-corrected chi connectivity index (χ1v) is 16.5. The summed E-state index contributed by atoms with van der Waals surface area (Å²) in [5.41, 5.74) is 7.04. The number of benzene rings is 3. The van der Waals surface area contributed by atoms with E-state index in [2.05, 4.69) is 108 Å². The van der Waals surface area contributed by atoms with E-state index in [4.69, 9.17) is 4.98 Å². The summed E-state index contributed by atoms with van der Waals surface area (Å²) in [7, 11) is 0. The van der Waals surface area contributed by atoms with Crippen molar-refractivity contribution < 1.29 is 4.79 Å². The summed E-state index contributed by atoms with van der Waals surface area (Å²) in [4.78, 5) is 23.6. The van der Waals surface area contributed by atoms with Crippen molar-refractivity contribution in [3.05, 3.63) is 101 Å². The highest BCUT2D eigenvalue weighted by Crippen LogP contribution is 2.44. The molecule has 0 N–H and O–H groups in total. The van der Waals surface area contributed by atoms with Gasteiger partial charge in [0, 0.05) is 36.8 Å². The summed E-state index contributed by atoms with van der Waals surface area (Å²) in [6, 6.07) is 27.8. The number of hydrogen-bond donors (Lipinski definition) is 0. The molecule has 43 heavy (non-hydrogen) atoms. The van der Waals surface area contributed by atoms with Crippen molar-refractivity contribution >= 4 is 16.9 Å². The first-order chi connectivity index (χ1) is 20.9. The van der Waals surface area contributed by atoms with E-state index in [0.29, 0.717) is 18.1 Å². The quantitative estimate of drug-likeness (QED) is 0.236. The van der Waals surface area contributed by atoms with Crippen LogP contribution in [0.15, 0.2) is 72.8 Å². The van der Waals surface area contributed by atoms with Gasteiger partial charge in [-0.2, -0.15) is 0 Å². The minimum absolute atomic E-state index is 0.112. The molecule has 0 aliphatic carbocycles. The van der Waals surface area contributed by atoms with Crippen LogP contribution in [0.5, 0.6) is 0 Å². The monoisotopic (exact) mass is 574 g/mol. The number of aryl methyl sites for hydroxylation is 3. The topological polar surface area (TPSA) is 41.4 Å². The SMILES string of the molecule is Cc1cccc(C)c1C(=O)N1CCC(CCN2[C@H]3CCC[C@H]2CC(n2c(C)nc4ccccc42)C3)(c2ccccc2)CC1. The Morgan fingerprint density at radius 1 is 0.814 bits per heavy atom. The Kier molecular flexibility index (Phi) is 7.63. The Balaban J connectivity index is 1.09. The smallest absolute Gasteiger partial charge is 0.254 e. The van der Waals surface area contributed by atoms with Gasteiger partial charge in [-0.05, 0) is 106 Å². The van der Waals surface area contributed by atoms with E-state index >= 15 is 0 Å². The first kappa shape index (κ1) is 28.3. The number of hydrogen-bond acceptors (Lipinski definition) is 3. The van der Waals surface area contributed by atoms with Crippen molar-refractivity contribution in [3.63, 3.8) is 0 Å². The van der Waals surface area contributed by atoms with Gasteiger partial charge in [0.1, 0.15) is 5.82 Å². The van der Waals surface area contributed by atoms with Crippen LogP contribution < -0.4 is 0 Å². The lowest BCUT2D eigenvalue weighted by molar-refractivity contribution is 0.00791. The molecule has 0 saturated carbocycles. The van der Waals surface area contributed by atoms with Gasteiger partial charge in [-0.25, -0.2) is 4.98 Å². The minimum atomic E-state index is 0.112. The molecule has 5 nitrogen and oxygen atoms in total. The second-order valence-electron chi connectivity index (χ2n) is 13.6. The van der Waals surface area contributed by atoms with Gasteiger partial charge < -0.3 is 9.47 Å². The van der Waals surface area contributed by atoms with Crippen molar-refractivity contribution in [1.29, 1.82) is 0 Å². The molecular weight excluding hydrogens is 528 g/mol. The normalized spacial score (nSPS) is 23.9. The van der Waals surface area contributed by atoms with E-state index in [1.165, 1.54) is 43.2 Å². The van der Waals surface area contributed by atoms with Gasteiger partial charge in [0.25, 0.3) is 5.91 Å². The number of imidazole rings is 1. The van der Waals surface area contributed by atoms with E-state index in [1.807, 2.05) is 0 Å². The Hall–Kier alpha value is -3.44. The summed E-state index contributed by atoms with van der Waals surface area (Å²) in [6.45, 7) is 9.10. The van der Waals surface area contributed by atoms with Gasteiger partial charge >= 0.3 is 0 Å². The predicted octanol–water partition coefficient (Wildman–Crippen LogP) is 7.78. The number of piperidine rings is 3. The molecule has 2 atom stereocenters. The number of rotatable bonds is 6. The molecule has 3 fully saturated rings. The summed E-state index contributed by atoms with van der Waals surface area (Å²) >= 11 is 0. The van der Waals surface area contributed by atoms with Crippen molar-refractivity contribution in [2.24, 2.45) is 0 Å². The van der Waals surface area contributed by atoms with Crippen LogP contribution in [0.1, 0.15) is 90.3 Å². The van der Waals surface area contributed by atoms with Crippen LogP contribution in [0.25, 0.3) is 11.0 Å². The molecule has 1 aromatic heterocycles. The minimum Gasteiger partial charge on any atom is -0.339 e. The third-order valence-electron chi connectivity index (χ3n) is 11.2. The molecule has 3 aromatic carbocycles. The van der Waals surface area contributed by atoms with E-state index in [1.54, 1.807) is 0 Å². The van der Waals surface area contributed by atoms with Gasteiger partial charge in [-0.1, -0.05) is 67.1 Å². The highest BCUT2D eigenvalue weighted by molar-refractivity contribution is 5.97. The Morgan fingerprint density at radius 2 is 1.47 bits per heavy atom. The lowest BCUT2D eigenvalue weighted by Crippen LogP contribution is -2.54. The van der Waals surface area contributed by atoms with E-state index in [9.17, 15) is 4.79 Å². The maximum atomic E-state index is 13.7. The maximum Gasteiger partial charge on any atom is 0.254 e. The zero-order chi connectivity index (χ0) is 29.6. The zero-order valence-electron chi connectivity index (χ0n) is 26.1. The number of amides is 1. The summed E-state index contributed by atoms with van der Waals surface area (Å²) < 4.78 is 2.55. The molecule has 2 bridgehead atoms. The Morgan fingerprint density at radius 3 is 2.16 bits per heavy atom. The molecular formula is C38H46N4O. The highest BCUT2D eigenvalue weighted by Gasteiger charge is 2.43. The van der Waals surface area contributed by atoms with Gasteiger partial charge in [0.15, 0.2) is 0 Å². The van der Waals surface area contributed by atoms with Gasteiger partial charge in [0.05, 0.1) is 11.0 Å². The summed E-state index contributed by atoms with van der Waals surface area (Å²) in [5.74, 6) is 1.36. The molecule has 0 spiro atoms. The highest BCUT2D eigenvalue weighted by atomic mass is 16.2. The largest absolute Gasteiger partial charge is 0.339 e. The maximum absolute atomic E-state index is 13.7. The standard InChI is InChI=1S/C38H46N4O/c1-27-11-9-12-28(2)36(27)37(43)40-22-19-38(20-23-40,30-13-5-4-6-14-30)21-24-41-31-15-10-16-32(41)26-33(25-31)42-29(3)39-34-17-7-8-18-35(34)42/h4-9,11-14,17-18,31-33H,10,15-16,19-26H2,1-3H3/t31-,32-/m0/s1. The van der Waals surface area contributed by atoms with Crippen molar-refractivity contribution in [1.82, 2.24) is 19.4 Å². The number of likely N-dealkylation sites (tertiary alicyclic amines) is 1. The fraction of sp³-hybridized carbons (Fsp3) is 0.474. The average molecular weight is 575 g/mol. The fourth-order valence-corrected chi connectivity index (χ4v) is 8.92. The van der Waals surface area contributed by atoms with Crippen molar-refractivity contribution in [3.8, 4) is 0 Å². The molecule has 7 rings (SSSR count). The van der Waals surface area contributed by atoms with Crippen LogP contribution in [-0.2, 0) is 5.41 Å². The van der Waals surface area contributed by atoms with Gasteiger partial charge in [0.2, 0.25) is 0 Å². The molecule has 4 aromatic rings. The molecule has 3 aliphatic heterocycles. The van der Waals surface area contributed by atoms with Crippen molar-refractivity contribution in [2.45, 2.75) is 95.7 Å². The first-order valence-electron chi connectivity index (χ1n) is 16.5. The van der Waals surface area contributed by atoms with Crippen LogP contribution >= 0.6 is 0 Å². The number of nitrogens with zero attached hydrogens (tertiary/aromatic N) is 4. The van der Waals surface area contributed by atoms with Crippen LogP contribution in [-0.4, -0.2) is 57.0 Å². The summed E-state index contributed by atoms with van der Waals surface area (Å²) in [5, 5.41) is 0. The molecule has 0 unspecified atom stereocenters. The van der Waals surface area contributed by atoms with E-state index in [-0.39, 0.29) is 11.3 Å². The van der Waals surface area contributed by atoms with E-state index < -0.39 is 0 Å².